The minimum absolute atomic E-state index is 0.0523. The Labute approximate surface area is 101 Å². The van der Waals surface area contributed by atoms with Crippen molar-refractivity contribution in [2.24, 2.45) is 0 Å². The first-order valence-electron chi connectivity index (χ1n) is 5.18. The van der Waals surface area contributed by atoms with Crippen LogP contribution in [0.1, 0.15) is 12.0 Å². The van der Waals surface area contributed by atoms with Gasteiger partial charge >= 0.3 is 0 Å². The summed E-state index contributed by atoms with van der Waals surface area (Å²) in [5, 5.41) is 2.82. The summed E-state index contributed by atoms with van der Waals surface area (Å²) < 4.78 is 0. The van der Waals surface area contributed by atoms with Gasteiger partial charge in [-0.25, -0.2) is 0 Å². The molecule has 0 aromatic heterocycles. The molecule has 0 bridgehead atoms. The number of nitrogens with one attached hydrogen (secondary N) is 1. The van der Waals surface area contributed by atoms with Gasteiger partial charge in [0.2, 0.25) is 5.91 Å². The van der Waals surface area contributed by atoms with Crippen LogP contribution in [0.15, 0.2) is 18.2 Å². The van der Waals surface area contributed by atoms with E-state index in [1.807, 2.05) is 44.1 Å². The van der Waals surface area contributed by atoms with Crippen LogP contribution in [0.5, 0.6) is 0 Å². The smallest absolute Gasteiger partial charge is 0.225 e. The van der Waals surface area contributed by atoms with E-state index in [4.69, 9.17) is 11.6 Å². The number of hydrogen-bond donors (Lipinski definition) is 1. The highest BCUT2D eigenvalue weighted by Gasteiger charge is 2.05. The normalized spacial score (nSPS) is 10.0. The van der Waals surface area contributed by atoms with E-state index in [1.165, 1.54) is 5.56 Å². The first kappa shape index (κ1) is 12.8. The maximum absolute atomic E-state index is 11.4. The van der Waals surface area contributed by atoms with Crippen LogP contribution in [-0.4, -0.2) is 25.9 Å². The van der Waals surface area contributed by atoms with Gasteiger partial charge in [0.15, 0.2) is 0 Å². The molecule has 1 aromatic carbocycles. The molecule has 0 unspecified atom stereocenters. The number of nitrogens with zero attached hydrogens (tertiary/aromatic N) is 1. The lowest BCUT2D eigenvalue weighted by atomic mass is 10.1. The molecule has 0 radical (unpaired) electrons. The Kier molecular flexibility index (Phi) is 4.62. The summed E-state index contributed by atoms with van der Waals surface area (Å²) in [6.45, 7) is 2.04. The Bertz CT molecular complexity index is 377. The van der Waals surface area contributed by atoms with E-state index in [2.05, 4.69) is 5.32 Å². The summed E-state index contributed by atoms with van der Waals surface area (Å²) in [5.74, 6) is 0.293. The number of rotatable bonds is 4. The van der Waals surface area contributed by atoms with Crippen molar-refractivity contribution in [3.8, 4) is 0 Å². The molecule has 1 rings (SSSR count). The van der Waals surface area contributed by atoms with Gasteiger partial charge in [0, 0.05) is 37.8 Å². The summed E-state index contributed by atoms with van der Waals surface area (Å²) in [6.07, 6.45) is 0.340. The summed E-state index contributed by atoms with van der Waals surface area (Å²) in [6, 6.07) is 5.85. The fraction of sp³-hybridized carbons (Fsp3) is 0.417. The highest BCUT2D eigenvalue weighted by atomic mass is 35.5. The number of carbonyl (C=O) groups excluding carboxylic acids is 1. The van der Waals surface area contributed by atoms with Crippen LogP contribution in [0.25, 0.3) is 0 Å². The lowest BCUT2D eigenvalue weighted by Crippen LogP contribution is -2.14. The van der Waals surface area contributed by atoms with Gasteiger partial charge in [-0.3, -0.25) is 4.79 Å². The standard InChI is InChI=1S/C12H17ClN2O/c1-9-4-5-10(8-11(9)15(2)3)14-12(16)6-7-13/h4-5,8H,6-7H2,1-3H3,(H,14,16). The number of anilines is 2. The highest BCUT2D eigenvalue weighted by molar-refractivity contribution is 6.19. The summed E-state index contributed by atoms with van der Waals surface area (Å²) in [7, 11) is 3.96. The summed E-state index contributed by atoms with van der Waals surface area (Å²) >= 11 is 5.50. The van der Waals surface area contributed by atoms with Gasteiger partial charge < -0.3 is 10.2 Å². The zero-order valence-corrected chi connectivity index (χ0v) is 10.6. The van der Waals surface area contributed by atoms with Crippen LogP contribution in [0.4, 0.5) is 11.4 Å². The van der Waals surface area contributed by atoms with E-state index in [9.17, 15) is 4.79 Å². The minimum atomic E-state index is -0.0523. The van der Waals surface area contributed by atoms with Crippen LogP contribution in [0.3, 0.4) is 0 Å². The predicted molar refractivity (Wildman–Crippen MR) is 69.5 cm³/mol. The van der Waals surface area contributed by atoms with E-state index in [1.54, 1.807) is 0 Å². The number of alkyl halides is 1. The molecular formula is C12H17ClN2O. The zero-order chi connectivity index (χ0) is 12.1. The molecule has 1 N–H and O–H groups in total. The van der Waals surface area contributed by atoms with Crippen LogP contribution in [0.2, 0.25) is 0 Å². The number of carbonyl (C=O) groups is 1. The second kappa shape index (κ2) is 5.75. The molecule has 0 aliphatic carbocycles. The predicted octanol–water partition coefficient (Wildman–Crippen LogP) is 2.63. The number of hydrogen-bond acceptors (Lipinski definition) is 2. The Morgan fingerprint density at radius 2 is 2.12 bits per heavy atom. The van der Waals surface area contributed by atoms with E-state index >= 15 is 0 Å². The van der Waals surface area contributed by atoms with Crippen molar-refractivity contribution in [3.05, 3.63) is 23.8 Å². The fourth-order valence-corrected chi connectivity index (χ4v) is 1.65. The highest BCUT2D eigenvalue weighted by Crippen LogP contribution is 2.22. The molecule has 0 aliphatic rings. The van der Waals surface area contributed by atoms with Gasteiger partial charge in [-0.2, -0.15) is 0 Å². The van der Waals surface area contributed by atoms with Crippen LogP contribution >= 0.6 is 11.6 Å². The maximum atomic E-state index is 11.4. The lowest BCUT2D eigenvalue weighted by molar-refractivity contribution is -0.115. The number of benzene rings is 1. The quantitative estimate of drug-likeness (QED) is 0.821. The van der Waals surface area contributed by atoms with Crippen molar-refractivity contribution < 1.29 is 4.79 Å². The molecule has 0 saturated carbocycles. The molecule has 1 amide bonds. The Hall–Kier alpha value is -1.22. The molecule has 0 heterocycles. The Morgan fingerprint density at radius 3 is 2.69 bits per heavy atom. The molecular weight excluding hydrogens is 224 g/mol. The lowest BCUT2D eigenvalue weighted by Gasteiger charge is -2.17. The molecule has 88 valence electrons. The summed E-state index contributed by atoms with van der Waals surface area (Å²) in [5.41, 5.74) is 3.09. The van der Waals surface area contributed by atoms with Crippen LogP contribution < -0.4 is 10.2 Å². The Balaban J connectivity index is 2.82. The molecule has 0 aliphatic heterocycles. The number of amides is 1. The van der Waals surface area contributed by atoms with E-state index in [0.29, 0.717) is 12.3 Å². The first-order chi connectivity index (χ1) is 7.54. The minimum Gasteiger partial charge on any atom is -0.377 e. The summed E-state index contributed by atoms with van der Waals surface area (Å²) in [4.78, 5) is 13.4. The monoisotopic (exact) mass is 240 g/mol. The molecule has 1 aromatic rings. The van der Waals surface area contributed by atoms with Crippen LogP contribution in [0, 0.1) is 6.92 Å². The van der Waals surface area contributed by atoms with Gasteiger partial charge in [-0.05, 0) is 24.6 Å². The van der Waals surface area contributed by atoms with Crippen LogP contribution in [-0.2, 0) is 4.79 Å². The van der Waals surface area contributed by atoms with Crippen molar-refractivity contribution in [2.75, 3.05) is 30.2 Å². The van der Waals surface area contributed by atoms with Gasteiger partial charge in [0.25, 0.3) is 0 Å². The third-order valence-electron chi connectivity index (χ3n) is 2.30. The molecule has 4 heteroatoms. The fourth-order valence-electron chi connectivity index (χ4n) is 1.48. The third-order valence-corrected chi connectivity index (χ3v) is 2.49. The first-order valence-corrected chi connectivity index (χ1v) is 5.72. The van der Waals surface area contributed by atoms with Crippen molar-refractivity contribution in [1.29, 1.82) is 0 Å². The molecule has 0 atom stereocenters. The zero-order valence-electron chi connectivity index (χ0n) is 9.88. The Morgan fingerprint density at radius 1 is 1.44 bits per heavy atom. The second-order valence-electron chi connectivity index (χ2n) is 3.88. The second-order valence-corrected chi connectivity index (χ2v) is 4.26. The average Bonchev–Trinajstić information content (AvgIpc) is 2.21. The molecule has 3 nitrogen and oxygen atoms in total. The SMILES string of the molecule is Cc1ccc(NC(=O)CCCl)cc1N(C)C. The molecule has 0 fully saturated rings. The van der Waals surface area contributed by atoms with Gasteiger partial charge in [0.05, 0.1) is 0 Å². The van der Waals surface area contributed by atoms with Crippen molar-refractivity contribution in [1.82, 2.24) is 0 Å². The topological polar surface area (TPSA) is 32.3 Å². The van der Waals surface area contributed by atoms with E-state index < -0.39 is 0 Å². The third kappa shape index (κ3) is 3.42. The molecule has 16 heavy (non-hydrogen) atoms. The number of aryl methyl sites for hydroxylation is 1. The van der Waals surface area contributed by atoms with Crippen molar-refractivity contribution in [3.63, 3.8) is 0 Å². The van der Waals surface area contributed by atoms with E-state index in [-0.39, 0.29) is 5.91 Å². The number of halogens is 1. The average molecular weight is 241 g/mol. The molecule has 0 spiro atoms. The van der Waals surface area contributed by atoms with Crippen molar-refractivity contribution >= 4 is 28.9 Å². The largest absolute Gasteiger partial charge is 0.377 e. The van der Waals surface area contributed by atoms with Gasteiger partial charge in [-0.15, -0.1) is 11.6 Å². The maximum Gasteiger partial charge on any atom is 0.225 e. The van der Waals surface area contributed by atoms with Gasteiger partial charge in [0.1, 0.15) is 0 Å². The molecule has 0 saturated heterocycles. The van der Waals surface area contributed by atoms with E-state index in [0.717, 1.165) is 11.4 Å². The van der Waals surface area contributed by atoms with Crippen molar-refractivity contribution in [2.45, 2.75) is 13.3 Å². The van der Waals surface area contributed by atoms with Gasteiger partial charge in [-0.1, -0.05) is 6.07 Å².